The summed E-state index contributed by atoms with van der Waals surface area (Å²) in [5, 5.41) is 30.0. The van der Waals surface area contributed by atoms with Gasteiger partial charge in [0.1, 0.15) is 5.82 Å². The maximum Gasteiger partial charge on any atom is 1.00 e. The molecule has 2 aromatic rings. The van der Waals surface area contributed by atoms with E-state index in [1.807, 2.05) is 19.9 Å². The minimum atomic E-state index is -1.37. The zero-order valence-electron chi connectivity index (χ0n) is 15.6. The third kappa shape index (κ3) is 7.54. The number of nitrogens with zero attached hydrogens (tertiary/aromatic N) is 1. The molecular weight excluding hydrogens is 376 g/mol. The van der Waals surface area contributed by atoms with Crippen LogP contribution in [0.25, 0.3) is 17.2 Å². The van der Waals surface area contributed by atoms with E-state index >= 15 is 0 Å². The molecule has 2 N–H and O–H groups in total. The van der Waals surface area contributed by atoms with Crippen molar-refractivity contribution in [3.63, 3.8) is 0 Å². The van der Waals surface area contributed by atoms with E-state index in [4.69, 9.17) is 0 Å². The molecule has 7 heteroatoms. The van der Waals surface area contributed by atoms with Gasteiger partial charge >= 0.3 is 51.4 Å². The SMILES string of the molecule is Cc1cc(-c2ccc(F)cc2)c(/C=C\[C@@H](O)C[C@@H](O)CC(=O)[O-])c(C)n1.[K+]. The van der Waals surface area contributed by atoms with Crippen LogP contribution in [0.5, 0.6) is 0 Å². The Kier molecular flexibility index (Phi) is 9.96. The van der Waals surface area contributed by atoms with E-state index in [1.165, 1.54) is 18.2 Å². The molecule has 0 unspecified atom stereocenters. The van der Waals surface area contributed by atoms with Gasteiger partial charge in [-0.15, -0.1) is 0 Å². The van der Waals surface area contributed by atoms with E-state index in [1.54, 1.807) is 18.2 Å². The van der Waals surface area contributed by atoms with Gasteiger partial charge in [0, 0.05) is 35.8 Å². The van der Waals surface area contributed by atoms with Crippen LogP contribution in [0.3, 0.4) is 0 Å². The van der Waals surface area contributed by atoms with Crippen LogP contribution in [-0.2, 0) is 4.79 Å². The number of aromatic nitrogens is 1. The molecule has 0 saturated heterocycles. The number of hydrogen-bond acceptors (Lipinski definition) is 5. The van der Waals surface area contributed by atoms with Crippen molar-refractivity contribution in [1.82, 2.24) is 4.98 Å². The summed E-state index contributed by atoms with van der Waals surface area (Å²) in [5.74, 6) is -1.70. The molecule has 27 heavy (non-hydrogen) atoms. The first-order chi connectivity index (χ1) is 12.3. The Morgan fingerprint density at radius 1 is 1.26 bits per heavy atom. The van der Waals surface area contributed by atoms with Gasteiger partial charge in [0.25, 0.3) is 0 Å². The van der Waals surface area contributed by atoms with Gasteiger partial charge < -0.3 is 20.1 Å². The van der Waals surface area contributed by atoms with Crippen molar-refractivity contribution in [1.29, 1.82) is 0 Å². The van der Waals surface area contributed by atoms with E-state index in [0.717, 1.165) is 28.1 Å². The Bertz CT molecular complexity index is 808. The van der Waals surface area contributed by atoms with Gasteiger partial charge in [-0.2, -0.15) is 0 Å². The summed E-state index contributed by atoms with van der Waals surface area (Å²) < 4.78 is 13.2. The van der Waals surface area contributed by atoms with E-state index < -0.39 is 24.6 Å². The van der Waals surface area contributed by atoms with Crippen molar-refractivity contribution >= 4 is 12.0 Å². The number of aliphatic hydroxyl groups excluding tert-OH is 2. The number of rotatable bonds is 7. The predicted octanol–water partition coefficient (Wildman–Crippen LogP) is -1.23. The normalized spacial score (nSPS) is 13.2. The maximum atomic E-state index is 13.2. The largest absolute Gasteiger partial charge is 1.00 e. The molecule has 5 nitrogen and oxygen atoms in total. The average molecular weight is 397 g/mol. The number of hydrogen-bond donors (Lipinski definition) is 2. The predicted molar refractivity (Wildman–Crippen MR) is 94.4 cm³/mol. The second kappa shape index (κ2) is 11.2. The molecule has 0 aliphatic rings. The van der Waals surface area contributed by atoms with Crippen LogP contribution in [0.4, 0.5) is 4.39 Å². The second-order valence-electron chi connectivity index (χ2n) is 6.21. The molecule has 0 amide bonds. The van der Waals surface area contributed by atoms with Crippen LogP contribution in [0.2, 0.25) is 0 Å². The molecule has 0 fully saturated rings. The molecule has 0 aliphatic heterocycles. The van der Waals surface area contributed by atoms with Crippen molar-refractivity contribution < 1.29 is 75.9 Å². The van der Waals surface area contributed by atoms with Crippen LogP contribution in [-0.4, -0.2) is 33.4 Å². The fourth-order valence-corrected chi connectivity index (χ4v) is 2.76. The number of carboxylic acid groups (broad SMARTS) is 1. The molecule has 0 spiro atoms. The van der Waals surface area contributed by atoms with Gasteiger partial charge in [0.05, 0.1) is 12.2 Å². The Hall–Kier alpha value is -0.934. The number of aryl methyl sites for hydroxylation is 2. The smallest absolute Gasteiger partial charge is 0.550 e. The minimum absolute atomic E-state index is 0. The summed E-state index contributed by atoms with van der Waals surface area (Å²) >= 11 is 0. The number of aliphatic carboxylic acids is 1. The van der Waals surface area contributed by atoms with Crippen molar-refractivity contribution in [2.24, 2.45) is 0 Å². The first-order valence-electron chi connectivity index (χ1n) is 8.24. The Balaban J connectivity index is 0.00000364. The van der Waals surface area contributed by atoms with Crippen molar-refractivity contribution in [2.75, 3.05) is 0 Å². The molecule has 1 aromatic heterocycles. The monoisotopic (exact) mass is 397 g/mol. The molecule has 0 bridgehead atoms. The number of pyridine rings is 1. The summed E-state index contributed by atoms with van der Waals surface area (Å²) in [6.45, 7) is 3.69. The van der Waals surface area contributed by atoms with Gasteiger partial charge in [0.15, 0.2) is 0 Å². The topological polar surface area (TPSA) is 93.5 Å². The van der Waals surface area contributed by atoms with Crippen LogP contribution in [0, 0.1) is 19.7 Å². The molecular formula is C20H21FKNO4. The average Bonchev–Trinajstić information content (AvgIpc) is 2.53. The Morgan fingerprint density at radius 2 is 1.89 bits per heavy atom. The third-order valence-electron chi connectivity index (χ3n) is 3.93. The molecule has 0 radical (unpaired) electrons. The van der Waals surface area contributed by atoms with E-state index in [9.17, 15) is 24.5 Å². The summed E-state index contributed by atoms with van der Waals surface area (Å²) in [4.78, 5) is 14.9. The van der Waals surface area contributed by atoms with E-state index in [0.29, 0.717) is 0 Å². The molecule has 0 saturated carbocycles. The van der Waals surface area contributed by atoms with Crippen molar-refractivity contribution in [3.05, 3.63) is 59.2 Å². The maximum absolute atomic E-state index is 13.2. The molecule has 1 aromatic carbocycles. The van der Waals surface area contributed by atoms with Gasteiger partial charge in [-0.3, -0.25) is 4.98 Å². The quantitative estimate of drug-likeness (QED) is 0.571. The number of carbonyl (C=O) groups excluding carboxylic acids is 1. The summed E-state index contributed by atoms with van der Waals surface area (Å²) in [5.41, 5.74) is 3.96. The van der Waals surface area contributed by atoms with Crippen LogP contribution < -0.4 is 56.5 Å². The Morgan fingerprint density at radius 3 is 2.48 bits per heavy atom. The molecule has 2 atom stereocenters. The van der Waals surface area contributed by atoms with Gasteiger partial charge in [0.2, 0.25) is 0 Å². The van der Waals surface area contributed by atoms with Crippen LogP contribution in [0.1, 0.15) is 29.8 Å². The Labute approximate surface area is 200 Å². The number of aliphatic hydroxyl groups is 2. The molecule has 138 valence electrons. The number of carbonyl (C=O) groups is 1. The number of carboxylic acids is 1. The molecule has 2 rings (SSSR count). The number of benzene rings is 1. The van der Waals surface area contributed by atoms with Gasteiger partial charge in [-0.05, 0) is 43.2 Å². The van der Waals surface area contributed by atoms with Crippen molar-refractivity contribution in [2.45, 2.75) is 38.9 Å². The fourth-order valence-electron chi connectivity index (χ4n) is 2.76. The standard InChI is InChI=1S/C20H22FNO4.K/c1-12-9-19(14-3-5-15(21)6-4-14)18(13(2)22-12)8-7-16(23)10-17(24)11-20(25)26;/h3-9,16-17,23-24H,10-11H2,1-2H3,(H,25,26);/q;+1/p-1/b8-7-;/t16-,17-;/m1./s1. The summed E-state index contributed by atoms with van der Waals surface area (Å²) in [6, 6.07) is 7.96. The van der Waals surface area contributed by atoms with E-state index in [-0.39, 0.29) is 63.6 Å². The third-order valence-corrected chi connectivity index (χ3v) is 3.93. The number of halogens is 1. The van der Waals surface area contributed by atoms with Crippen LogP contribution in [0.15, 0.2) is 36.4 Å². The minimum Gasteiger partial charge on any atom is -0.550 e. The summed E-state index contributed by atoms with van der Waals surface area (Å²) in [6.07, 6.45) is 0.298. The fraction of sp³-hybridized carbons (Fsp3) is 0.300. The molecule has 1 heterocycles. The molecule has 0 aliphatic carbocycles. The van der Waals surface area contributed by atoms with Gasteiger partial charge in [-0.1, -0.05) is 24.3 Å². The zero-order chi connectivity index (χ0) is 19.3. The zero-order valence-corrected chi connectivity index (χ0v) is 18.8. The van der Waals surface area contributed by atoms with E-state index in [2.05, 4.69) is 4.98 Å². The van der Waals surface area contributed by atoms with Gasteiger partial charge in [-0.25, -0.2) is 4.39 Å². The first kappa shape index (κ1) is 24.1. The van der Waals surface area contributed by atoms with Crippen molar-refractivity contribution in [3.8, 4) is 11.1 Å². The first-order valence-corrected chi connectivity index (χ1v) is 8.24. The second-order valence-corrected chi connectivity index (χ2v) is 6.21. The van der Waals surface area contributed by atoms with Crippen LogP contribution >= 0.6 is 0 Å². The summed E-state index contributed by atoms with van der Waals surface area (Å²) in [7, 11) is 0.